The molecule has 0 radical (unpaired) electrons. The average molecular weight is 352 g/mol. The van der Waals surface area contributed by atoms with Crippen LogP contribution in [0.2, 0.25) is 0 Å². The van der Waals surface area contributed by atoms with Crippen LogP contribution >= 0.6 is 0 Å². The van der Waals surface area contributed by atoms with E-state index in [4.69, 9.17) is 9.66 Å². The van der Waals surface area contributed by atoms with Gasteiger partial charge in [-0.1, -0.05) is 17.3 Å². The van der Waals surface area contributed by atoms with E-state index in [0.29, 0.717) is 37.5 Å². The third-order valence-corrected chi connectivity index (χ3v) is 4.20. The summed E-state index contributed by atoms with van der Waals surface area (Å²) in [6.07, 6.45) is 0.919. The Hall–Kier alpha value is -2.39. The zero-order valence-electron chi connectivity index (χ0n) is 13.3. The summed E-state index contributed by atoms with van der Waals surface area (Å²) >= 11 is 0. The number of primary sulfonamides is 1. The van der Waals surface area contributed by atoms with E-state index in [1.807, 2.05) is 0 Å². The van der Waals surface area contributed by atoms with Crippen LogP contribution in [-0.2, 0) is 21.2 Å². The van der Waals surface area contributed by atoms with Crippen LogP contribution in [-0.4, -0.2) is 32.6 Å². The lowest BCUT2D eigenvalue weighted by atomic mass is 10.1. The molecule has 2 aromatic rings. The molecule has 1 aromatic carbocycles. The smallest absolute Gasteiger partial charge is 0.238 e. The summed E-state index contributed by atoms with van der Waals surface area (Å²) in [5, 5.41) is 14.6. The number of aromatic nitrogens is 1. The molecule has 0 saturated carbocycles. The molecular weight excluding hydrogens is 332 g/mol. The number of benzene rings is 1. The van der Waals surface area contributed by atoms with Crippen molar-refractivity contribution in [3.8, 4) is 0 Å². The molecule has 1 amide bonds. The molecule has 9 heteroatoms. The zero-order chi connectivity index (χ0) is 17.6. The molecule has 0 bridgehead atoms. The van der Waals surface area contributed by atoms with Crippen LogP contribution in [0.25, 0.3) is 0 Å². The van der Waals surface area contributed by atoms with Gasteiger partial charge in [0.1, 0.15) is 5.76 Å². The van der Waals surface area contributed by atoms with Crippen molar-refractivity contribution in [3.05, 3.63) is 41.7 Å². The summed E-state index contributed by atoms with van der Waals surface area (Å²) < 4.78 is 27.2. The second kappa shape index (κ2) is 7.93. The van der Waals surface area contributed by atoms with Crippen molar-refractivity contribution in [3.63, 3.8) is 0 Å². The van der Waals surface area contributed by atoms with Crippen molar-refractivity contribution in [2.75, 3.05) is 18.4 Å². The number of aryl methyl sites for hydroxylation is 1. The molecule has 0 saturated heterocycles. The number of carbonyl (C=O) groups excluding carboxylic acids is 1. The molecule has 0 unspecified atom stereocenters. The summed E-state index contributed by atoms with van der Waals surface area (Å²) in [5.74, 6) is 1.23. The Kier molecular flexibility index (Phi) is 5.93. The van der Waals surface area contributed by atoms with Crippen LogP contribution in [0.15, 0.2) is 39.8 Å². The van der Waals surface area contributed by atoms with Gasteiger partial charge < -0.3 is 15.2 Å². The van der Waals surface area contributed by atoms with Gasteiger partial charge in [0, 0.05) is 25.6 Å². The van der Waals surface area contributed by atoms with Gasteiger partial charge in [-0.2, -0.15) is 0 Å². The van der Waals surface area contributed by atoms with Crippen LogP contribution in [0.3, 0.4) is 0 Å². The van der Waals surface area contributed by atoms with E-state index in [-0.39, 0.29) is 10.8 Å². The second-order valence-electron chi connectivity index (χ2n) is 5.29. The van der Waals surface area contributed by atoms with Gasteiger partial charge in [0.15, 0.2) is 5.82 Å². The lowest BCUT2D eigenvalue weighted by Gasteiger charge is -2.06. The zero-order valence-corrected chi connectivity index (χ0v) is 14.1. The van der Waals surface area contributed by atoms with Gasteiger partial charge in [0.25, 0.3) is 0 Å². The summed E-state index contributed by atoms with van der Waals surface area (Å²) in [4.78, 5) is 11.8. The monoisotopic (exact) mass is 352 g/mol. The lowest BCUT2D eigenvalue weighted by molar-refractivity contribution is -0.120. The Bertz CT molecular complexity index is 784. The van der Waals surface area contributed by atoms with Crippen molar-refractivity contribution in [2.24, 2.45) is 5.14 Å². The molecule has 1 heterocycles. The Labute approximate surface area is 140 Å². The minimum absolute atomic E-state index is 0.0736. The van der Waals surface area contributed by atoms with Gasteiger partial charge in [0.2, 0.25) is 15.9 Å². The van der Waals surface area contributed by atoms with E-state index in [1.165, 1.54) is 12.1 Å². The molecule has 0 aliphatic heterocycles. The molecule has 1 aromatic heterocycles. The highest BCUT2D eigenvalue weighted by Crippen LogP contribution is 2.09. The maximum atomic E-state index is 11.7. The number of carbonyl (C=O) groups is 1. The highest BCUT2D eigenvalue weighted by Gasteiger charge is 2.07. The van der Waals surface area contributed by atoms with Crippen LogP contribution in [0.5, 0.6) is 0 Å². The third kappa shape index (κ3) is 5.67. The summed E-state index contributed by atoms with van der Waals surface area (Å²) in [7, 11) is -3.67. The summed E-state index contributed by atoms with van der Waals surface area (Å²) in [6, 6.07) is 8.02. The largest absolute Gasteiger partial charge is 0.367 e. The maximum absolute atomic E-state index is 11.7. The molecule has 8 nitrogen and oxygen atoms in total. The molecule has 0 spiro atoms. The first-order valence-corrected chi connectivity index (χ1v) is 8.95. The van der Waals surface area contributed by atoms with Crippen molar-refractivity contribution in [1.29, 1.82) is 0 Å². The molecule has 0 aliphatic rings. The van der Waals surface area contributed by atoms with Gasteiger partial charge in [-0.25, -0.2) is 13.6 Å². The number of anilines is 1. The first-order chi connectivity index (χ1) is 11.3. The first kappa shape index (κ1) is 18.0. The van der Waals surface area contributed by atoms with Gasteiger partial charge in [-0.05, 0) is 31.0 Å². The number of nitrogens with one attached hydrogen (secondary N) is 2. The molecular formula is C15H20N4O4S. The predicted octanol–water partition coefficient (Wildman–Crippen LogP) is 0.791. The van der Waals surface area contributed by atoms with E-state index in [0.717, 1.165) is 5.56 Å². The Morgan fingerprint density at radius 1 is 1.25 bits per heavy atom. The van der Waals surface area contributed by atoms with Crippen LogP contribution < -0.4 is 15.8 Å². The molecule has 4 N–H and O–H groups in total. The van der Waals surface area contributed by atoms with E-state index in [2.05, 4.69) is 15.8 Å². The highest BCUT2D eigenvalue weighted by atomic mass is 32.2. The fraction of sp³-hybridized carbons (Fsp3) is 0.333. The SMILES string of the molecule is Cc1cc(NCCC(=O)NCCc2ccc(S(N)(=O)=O)cc2)no1. The summed E-state index contributed by atoms with van der Waals surface area (Å²) in [6.45, 7) is 2.72. The molecule has 0 aliphatic carbocycles. The van der Waals surface area contributed by atoms with Crippen LogP contribution in [0.1, 0.15) is 17.7 Å². The Morgan fingerprint density at radius 3 is 2.54 bits per heavy atom. The maximum Gasteiger partial charge on any atom is 0.238 e. The molecule has 130 valence electrons. The number of sulfonamides is 1. The number of amides is 1. The number of rotatable bonds is 8. The average Bonchev–Trinajstić information content (AvgIpc) is 2.92. The highest BCUT2D eigenvalue weighted by molar-refractivity contribution is 7.89. The second-order valence-corrected chi connectivity index (χ2v) is 6.85. The number of nitrogens with zero attached hydrogens (tertiary/aromatic N) is 1. The van der Waals surface area contributed by atoms with Gasteiger partial charge in [-0.3, -0.25) is 4.79 Å². The van der Waals surface area contributed by atoms with E-state index < -0.39 is 10.0 Å². The molecule has 0 fully saturated rings. The predicted molar refractivity (Wildman–Crippen MR) is 88.9 cm³/mol. The van der Waals surface area contributed by atoms with Gasteiger partial charge >= 0.3 is 0 Å². The van der Waals surface area contributed by atoms with E-state index >= 15 is 0 Å². The molecule has 24 heavy (non-hydrogen) atoms. The normalized spacial score (nSPS) is 11.2. The fourth-order valence-electron chi connectivity index (χ4n) is 2.03. The number of nitrogens with two attached hydrogens (primary N) is 1. The molecule has 2 rings (SSSR count). The minimum Gasteiger partial charge on any atom is -0.367 e. The van der Waals surface area contributed by atoms with Crippen molar-refractivity contribution in [1.82, 2.24) is 10.5 Å². The van der Waals surface area contributed by atoms with E-state index in [9.17, 15) is 13.2 Å². The number of hydrogen-bond donors (Lipinski definition) is 3. The third-order valence-electron chi connectivity index (χ3n) is 3.27. The van der Waals surface area contributed by atoms with Gasteiger partial charge in [-0.15, -0.1) is 0 Å². The fourth-order valence-corrected chi connectivity index (χ4v) is 2.55. The standard InChI is InChI=1S/C15H20N4O4S/c1-11-10-14(19-23-11)17-9-7-15(20)18-8-6-12-2-4-13(5-3-12)24(16,21)22/h2-5,10H,6-9H2,1H3,(H,17,19)(H,18,20)(H2,16,21,22). The van der Waals surface area contributed by atoms with Crippen molar-refractivity contribution >= 4 is 21.7 Å². The van der Waals surface area contributed by atoms with Crippen molar-refractivity contribution in [2.45, 2.75) is 24.7 Å². The quantitative estimate of drug-likeness (QED) is 0.644. The van der Waals surface area contributed by atoms with Crippen LogP contribution in [0, 0.1) is 6.92 Å². The minimum atomic E-state index is -3.67. The van der Waals surface area contributed by atoms with E-state index in [1.54, 1.807) is 25.1 Å². The number of hydrogen-bond acceptors (Lipinski definition) is 6. The topological polar surface area (TPSA) is 127 Å². The molecule has 0 atom stereocenters. The first-order valence-electron chi connectivity index (χ1n) is 7.40. The van der Waals surface area contributed by atoms with Gasteiger partial charge in [0.05, 0.1) is 4.90 Å². The van der Waals surface area contributed by atoms with Crippen LogP contribution in [0.4, 0.5) is 5.82 Å². The Morgan fingerprint density at radius 2 is 1.96 bits per heavy atom. The van der Waals surface area contributed by atoms with Crippen molar-refractivity contribution < 1.29 is 17.7 Å². The summed E-state index contributed by atoms with van der Waals surface area (Å²) in [5.41, 5.74) is 0.916. The lowest BCUT2D eigenvalue weighted by Crippen LogP contribution is -2.27. The Balaban J connectivity index is 1.67.